The Labute approximate surface area is 96.2 Å². The van der Waals surface area contributed by atoms with Crippen LogP contribution in [-0.2, 0) is 0 Å². The van der Waals surface area contributed by atoms with Crippen molar-refractivity contribution in [3.8, 4) is 0 Å². The summed E-state index contributed by atoms with van der Waals surface area (Å²) < 4.78 is 0.922. The second-order valence-corrected chi connectivity index (χ2v) is 3.91. The van der Waals surface area contributed by atoms with Crippen molar-refractivity contribution in [1.82, 2.24) is 5.32 Å². The van der Waals surface area contributed by atoms with Crippen molar-refractivity contribution in [3.63, 3.8) is 0 Å². The highest BCUT2D eigenvalue weighted by atomic mass is 79.9. The molecular weight excluding hydrogens is 258 g/mol. The van der Waals surface area contributed by atoms with Crippen LogP contribution in [0.25, 0.3) is 0 Å². The van der Waals surface area contributed by atoms with Crippen molar-refractivity contribution in [2.45, 2.75) is 6.92 Å². The van der Waals surface area contributed by atoms with Crippen LogP contribution in [-0.4, -0.2) is 11.9 Å². The quantitative estimate of drug-likeness (QED) is 0.396. The standard InChI is InChI=1S/C9H12BrN5/c1-5-2-3-6(10)4-7(5)14-9(13)15-8(11)12/h2-4H,1H3,(H6,11,12,13,14,15). The number of hydrogen-bond acceptors (Lipinski definition) is 2. The number of aryl methyl sites for hydroxylation is 1. The largest absolute Gasteiger partial charge is 0.370 e. The minimum Gasteiger partial charge on any atom is -0.370 e. The van der Waals surface area contributed by atoms with E-state index in [1.165, 1.54) is 0 Å². The molecule has 1 rings (SSSR count). The molecule has 0 saturated carbocycles. The topological polar surface area (TPSA) is 97.8 Å². The van der Waals surface area contributed by atoms with E-state index in [4.69, 9.17) is 16.6 Å². The van der Waals surface area contributed by atoms with Crippen LogP contribution in [0.5, 0.6) is 0 Å². The Hall–Kier alpha value is -1.56. The Morgan fingerprint density at radius 2 is 2.07 bits per heavy atom. The monoisotopic (exact) mass is 269 g/mol. The summed E-state index contributed by atoms with van der Waals surface area (Å²) in [4.78, 5) is 0. The lowest BCUT2D eigenvalue weighted by atomic mass is 10.2. The molecule has 0 saturated heterocycles. The summed E-state index contributed by atoms with van der Waals surface area (Å²) in [5.74, 6) is -0.288. The fraction of sp³-hybridized carbons (Fsp3) is 0.111. The molecule has 5 nitrogen and oxygen atoms in total. The highest BCUT2D eigenvalue weighted by molar-refractivity contribution is 9.10. The molecule has 0 unspecified atom stereocenters. The highest BCUT2D eigenvalue weighted by Gasteiger charge is 2.02. The number of nitrogens with one attached hydrogen (secondary N) is 4. The smallest absolute Gasteiger partial charge is 0.199 e. The molecule has 0 aromatic heterocycles. The molecule has 6 heteroatoms. The average molecular weight is 270 g/mol. The van der Waals surface area contributed by atoms with E-state index in [9.17, 15) is 0 Å². The van der Waals surface area contributed by atoms with Gasteiger partial charge in [-0.3, -0.25) is 16.1 Å². The molecular formula is C9H12BrN5. The summed E-state index contributed by atoms with van der Waals surface area (Å²) >= 11 is 3.34. The summed E-state index contributed by atoms with van der Waals surface area (Å²) in [6, 6.07) is 5.70. The lowest BCUT2D eigenvalue weighted by Gasteiger charge is -2.11. The molecule has 0 heterocycles. The molecule has 1 aromatic rings. The molecule has 0 aliphatic rings. The molecule has 0 bridgehead atoms. The third-order valence-corrected chi connectivity index (χ3v) is 2.21. The number of anilines is 1. The maximum Gasteiger partial charge on any atom is 0.199 e. The van der Waals surface area contributed by atoms with Crippen molar-refractivity contribution in [2.75, 3.05) is 5.32 Å². The molecule has 80 valence electrons. The zero-order valence-electron chi connectivity index (χ0n) is 8.19. The molecule has 0 atom stereocenters. The lowest BCUT2D eigenvalue weighted by Crippen LogP contribution is -2.39. The first kappa shape index (κ1) is 11.5. The number of rotatable bonds is 1. The van der Waals surface area contributed by atoms with Gasteiger partial charge in [0.25, 0.3) is 0 Å². The van der Waals surface area contributed by atoms with Gasteiger partial charge < -0.3 is 11.1 Å². The zero-order valence-corrected chi connectivity index (χ0v) is 9.77. The van der Waals surface area contributed by atoms with Gasteiger partial charge in [0.2, 0.25) is 0 Å². The van der Waals surface area contributed by atoms with Gasteiger partial charge in [0.15, 0.2) is 11.9 Å². The van der Waals surface area contributed by atoms with Crippen LogP contribution in [0.3, 0.4) is 0 Å². The summed E-state index contributed by atoms with van der Waals surface area (Å²) in [7, 11) is 0. The maximum atomic E-state index is 7.47. The summed E-state index contributed by atoms with van der Waals surface area (Å²) in [6.07, 6.45) is 0. The molecule has 1 aromatic carbocycles. The van der Waals surface area contributed by atoms with Gasteiger partial charge >= 0.3 is 0 Å². The van der Waals surface area contributed by atoms with Crippen LogP contribution >= 0.6 is 15.9 Å². The van der Waals surface area contributed by atoms with Crippen molar-refractivity contribution >= 4 is 33.5 Å². The predicted octanol–water partition coefficient (Wildman–Crippen LogP) is 1.59. The number of hydrogen-bond donors (Lipinski definition) is 5. The SMILES string of the molecule is Cc1ccc(Br)cc1NC(=N)NC(=N)N. The molecule has 0 spiro atoms. The van der Waals surface area contributed by atoms with E-state index in [0.717, 1.165) is 15.7 Å². The predicted molar refractivity (Wildman–Crippen MR) is 65.3 cm³/mol. The highest BCUT2D eigenvalue weighted by Crippen LogP contribution is 2.20. The van der Waals surface area contributed by atoms with E-state index in [-0.39, 0.29) is 11.9 Å². The van der Waals surface area contributed by atoms with Crippen molar-refractivity contribution < 1.29 is 0 Å². The van der Waals surface area contributed by atoms with Crippen LogP contribution < -0.4 is 16.4 Å². The van der Waals surface area contributed by atoms with E-state index in [0.29, 0.717) is 0 Å². The molecule has 0 amide bonds. The second kappa shape index (κ2) is 4.79. The van der Waals surface area contributed by atoms with Crippen LogP contribution in [0.15, 0.2) is 22.7 Å². The van der Waals surface area contributed by atoms with Crippen LogP contribution in [0, 0.1) is 17.7 Å². The van der Waals surface area contributed by atoms with Crippen LogP contribution in [0.1, 0.15) is 5.56 Å². The molecule has 6 N–H and O–H groups in total. The fourth-order valence-corrected chi connectivity index (χ4v) is 1.39. The Kier molecular flexibility index (Phi) is 3.68. The lowest BCUT2D eigenvalue weighted by molar-refractivity contribution is 1.20. The minimum atomic E-state index is -0.264. The van der Waals surface area contributed by atoms with Gasteiger partial charge in [0.1, 0.15) is 0 Å². The second-order valence-electron chi connectivity index (χ2n) is 3.00. The Bertz CT molecular complexity index is 401. The van der Waals surface area contributed by atoms with Gasteiger partial charge in [-0.1, -0.05) is 22.0 Å². The average Bonchev–Trinajstić information content (AvgIpc) is 2.10. The maximum absolute atomic E-state index is 7.47. The first-order valence-corrected chi connectivity index (χ1v) is 5.01. The number of guanidine groups is 2. The fourth-order valence-electron chi connectivity index (χ4n) is 1.03. The van der Waals surface area contributed by atoms with Crippen LogP contribution in [0.4, 0.5) is 5.69 Å². The van der Waals surface area contributed by atoms with Crippen LogP contribution in [0.2, 0.25) is 0 Å². The van der Waals surface area contributed by atoms with Gasteiger partial charge in [-0.2, -0.15) is 0 Å². The molecule has 0 fully saturated rings. The molecule has 0 radical (unpaired) electrons. The number of benzene rings is 1. The Balaban J connectivity index is 2.76. The zero-order chi connectivity index (χ0) is 11.4. The van der Waals surface area contributed by atoms with Gasteiger partial charge in [0.05, 0.1) is 0 Å². The van der Waals surface area contributed by atoms with Gasteiger partial charge in [0, 0.05) is 10.2 Å². The number of halogens is 1. The van der Waals surface area contributed by atoms with E-state index < -0.39 is 0 Å². The Morgan fingerprint density at radius 1 is 1.40 bits per heavy atom. The van der Waals surface area contributed by atoms with Gasteiger partial charge in [-0.15, -0.1) is 0 Å². The summed E-state index contributed by atoms with van der Waals surface area (Å²) in [5, 5.41) is 19.6. The summed E-state index contributed by atoms with van der Waals surface area (Å²) in [5.41, 5.74) is 6.90. The number of nitrogens with two attached hydrogens (primary N) is 1. The van der Waals surface area contributed by atoms with E-state index in [1.54, 1.807) is 0 Å². The van der Waals surface area contributed by atoms with Crippen molar-refractivity contribution in [3.05, 3.63) is 28.2 Å². The first-order chi connectivity index (χ1) is 6.99. The summed E-state index contributed by atoms with van der Waals surface area (Å²) in [6.45, 7) is 1.93. The molecule has 15 heavy (non-hydrogen) atoms. The van der Waals surface area contributed by atoms with E-state index in [1.807, 2.05) is 25.1 Å². The third-order valence-electron chi connectivity index (χ3n) is 1.72. The third kappa shape index (κ3) is 3.59. The Morgan fingerprint density at radius 3 is 2.67 bits per heavy atom. The molecule has 0 aliphatic heterocycles. The minimum absolute atomic E-state index is 0.0244. The first-order valence-electron chi connectivity index (χ1n) is 4.22. The van der Waals surface area contributed by atoms with Gasteiger partial charge in [-0.05, 0) is 24.6 Å². The van der Waals surface area contributed by atoms with E-state index >= 15 is 0 Å². The normalized spacial score (nSPS) is 9.47. The molecule has 0 aliphatic carbocycles. The van der Waals surface area contributed by atoms with Crippen molar-refractivity contribution in [1.29, 1.82) is 10.8 Å². The van der Waals surface area contributed by atoms with Crippen molar-refractivity contribution in [2.24, 2.45) is 5.73 Å². The van der Waals surface area contributed by atoms with Gasteiger partial charge in [-0.25, -0.2) is 0 Å². The van der Waals surface area contributed by atoms with E-state index in [2.05, 4.69) is 26.6 Å².